The van der Waals surface area contributed by atoms with Crippen LogP contribution in [0.1, 0.15) is 43.3 Å². The van der Waals surface area contributed by atoms with Crippen molar-refractivity contribution in [1.82, 2.24) is 19.9 Å². The normalized spacial score (nSPS) is 12.5. The largest absolute Gasteiger partial charge is 0.308 e. The topological polar surface area (TPSA) is 50.7 Å². The molecule has 0 amide bonds. The minimum absolute atomic E-state index is 0.207. The van der Waals surface area contributed by atoms with Crippen LogP contribution in [0.2, 0.25) is 0 Å². The molecule has 1 unspecified atom stereocenters. The van der Waals surface area contributed by atoms with Gasteiger partial charge < -0.3 is 5.32 Å². The lowest BCUT2D eigenvalue weighted by Gasteiger charge is -2.15. The number of nitrogens with zero attached hydrogens (tertiary/aromatic N) is 3. The standard InChI is InChI=1S/C14H20N4S/c1-3-7-15-13(14-10-19-18-17-14)8-12-6-5-11(4-2)9-16-12/h5-6,9-10,13,15H,3-4,7-8H2,1-2H3. The number of nitrogens with one attached hydrogen (secondary N) is 1. The Morgan fingerprint density at radius 1 is 1.32 bits per heavy atom. The zero-order valence-corrected chi connectivity index (χ0v) is 12.3. The molecule has 0 aliphatic carbocycles. The van der Waals surface area contributed by atoms with E-state index in [0.29, 0.717) is 0 Å². The third-order valence-corrected chi connectivity index (χ3v) is 3.60. The van der Waals surface area contributed by atoms with Crippen molar-refractivity contribution in [1.29, 1.82) is 0 Å². The lowest BCUT2D eigenvalue weighted by atomic mass is 10.1. The summed E-state index contributed by atoms with van der Waals surface area (Å²) in [6.07, 6.45) is 4.96. The Balaban J connectivity index is 2.06. The molecule has 19 heavy (non-hydrogen) atoms. The van der Waals surface area contributed by atoms with Gasteiger partial charge in [0.25, 0.3) is 0 Å². The van der Waals surface area contributed by atoms with Gasteiger partial charge in [0.05, 0.1) is 11.7 Å². The van der Waals surface area contributed by atoms with E-state index in [-0.39, 0.29) is 6.04 Å². The smallest absolute Gasteiger partial charge is 0.0928 e. The van der Waals surface area contributed by atoms with E-state index >= 15 is 0 Å². The van der Waals surface area contributed by atoms with Crippen molar-refractivity contribution in [3.05, 3.63) is 40.7 Å². The Labute approximate surface area is 118 Å². The second-order valence-electron chi connectivity index (χ2n) is 4.55. The van der Waals surface area contributed by atoms with Crippen molar-refractivity contribution in [3.63, 3.8) is 0 Å². The summed E-state index contributed by atoms with van der Waals surface area (Å²) in [5, 5.41) is 9.70. The molecular formula is C14H20N4S. The molecule has 1 N–H and O–H groups in total. The Morgan fingerprint density at radius 3 is 2.79 bits per heavy atom. The molecule has 102 valence electrons. The highest BCUT2D eigenvalue weighted by Crippen LogP contribution is 2.16. The van der Waals surface area contributed by atoms with E-state index in [1.165, 1.54) is 17.1 Å². The average molecular weight is 276 g/mol. The van der Waals surface area contributed by atoms with Crippen molar-refractivity contribution in [2.24, 2.45) is 0 Å². The molecule has 0 bridgehead atoms. The van der Waals surface area contributed by atoms with Gasteiger partial charge in [-0.15, -0.1) is 5.10 Å². The van der Waals surface area contributed by atoms with Gasteiger partial charge >= 0.3 is 0 Å². The molecule has 4 nitrogen and oxygen atoms in total. The first-order valence-electron chi connectivity index (χ1n) is 6.77. The maximum absolute atomic E-state index is 4.52. The van der Waals surface area contributed by atoms with Crippen molar-refractivity contribution >= 4 is 11.5 Å². The zero-order valence-electron chi connectivity index (χ0n) is 11.5. The van der Waals surface area contributed by atoms with E-state index < -0.39 is 0 Å². The van der Waals surface area contributed by atoms with Crippen LogP contribution >= 0.6 is 11.5 Å². The monoisotopic (exact) mass is 276 g/mol. The summed E-state index contributed by atoms with van der Waals surface area (Å²) < 4.78 is 3.95. The SMILES string of the molecule is CCCNC(Cc1ccc(CC)cn1)c1csnn1. The second-order valence-corrected chi connectivity index (χ2v) is 5.16. The minimum Gasteiger partial charge on any atom is -0.308 e. The van der Waals surface area contributed by atoms with Crippen LogP contribution in [0.15, 0.2) is 23.7 Å². The summed E-state index contributed by atoms with van der Waals surface area (Å²) in [6, 6.07) is 4.47. The molecule has 0 fully saturated rings. The van der Waals surface area contributed by atoms with E-state index in [4.69, 9.17) is 0 Å². The molecule has 0 aliphatic rings. The summed E-state index contributed by atoms with van der Waals surface area (Å²) in [5.41, 5.74) is 3.38. The molecule has 5 heteroatoms. The first-order valence-corrected chi connectivity index (χ1v) is 7.61. The van der Waals surface area contributed by atoms with Crippen molar-refractivity contribution in [3.8, 4) is 0 Å². The van der Waals surface area contributed by atoms with Crippen LogP contribution < -0.4 is 5.32 Å². The van der Waals surface area contributed by atoms with Gasteiger partial charge in [-0.1, -0.05) is 24.4 Å². The number of pyridine rings is 1. The summed E-state index contributed by atoms with van der Waals surface area (Å²) in [5.74, 6) is 0. The third-order valence-electron chi connectivity index (χ3n) is 3.08. The summed E-state index contributed by atoms with van der Waals surface area (Å²) in [4.78, 5) is 4.52. The number of aryl methyl sites for hydroxylation is 1. The van der Waals surface area contributed by atoms with Gasteiger partial charge in [0.2, 0.25) is 0 Å². The molecule has 2 rings (SSSR count). The van der Waals surface area contributed by atoms with Gasteiger partial charge in [-0.25, -0.2) is 0 Å². The van der Waals surface area contributed by atoms with E-state index in [1.54, 1.807) is 0 Å². The van der Waals surface area contributed by atoms with E-state index in [0.717, 1.165) is 37.2 Å². The van der Waals surface area contributed by atoms with Crippen molar-refractivity contribution in [2.75, 3.05) is 6.54 Å². The first kappa shape index (κ1) is 14.1. The van der Waals surface area contributed by atoms with Gasteiger partial charge in [-0.3, -0.25) is 4.98 Å². The maximum Gasteiger partial charge on any atom is 0.0928 e. The highest BCUT2D eigenvalue weighted by molar-refractivity contribution is 7.03. The van der Waals surface area contributed by atoms with Crippen molar-refractivity contribution < 1.29 is 0 Å². The highest BCUT2D eigenvalue weighted by atomic mass is 32.1. The predicted octanol–water partition coefficient (Wildman–Crippen LogP) is 2.78. The van der Waals surface area contributed by atoms with Crippen LogP contribution in [0.4, 0.5) is 0 Å². The molecule has 1 atom stereocenters. The number of rotatable bonds is 7. The van der Waals surface area contributed by atoms with Crippen LogP contribution in [-0.4, -0.2) is 21.1 Å². The predicted molar refractivity (Wildman–Crippen MR) is 78.3 cm³/mol. The zero-order chi connectivity index (χ0) is 13.5. The lowest BCUT2D eigenvalue weighted by Crippen LogP contribution is -2.24. The fourth-order valence-corrected chi connectivity index (χ4v) is 2.43. The van der Waals surface area contributed by atoms with E-state index in [2.05, 4.69) is 45.9 Å². The van der Waals surface area contributed by atoms with Crippen LogP contribution in [0.5, 0.6) is 0 Å². The van der Waals surface area contributed by atoms with Crippen LogP contribution in [-0.2, 0) is 12.8 Å². The molecule has 0 saturated heterocycles. The van der Waals surface area contributed by atoms with Crippen molar-refractivity contribution in [2.45, 2.75) is 39.2 Å². The quantitative estimate of drug-likeness (QED) is 0.845. The van der Waals surface area contributed by atoms with Gasteiger partial charge in [-0.05, 0) is 42.5 Å². The number of aromatic nitrogens is 3. The van der Waals surface area contributed by atoms with E-state index in [9.17, 15) is 0 Å². The molecule has 0 aromatic carbocycles. The Morgan fingerprint density at radius 2 is 2.21 bits per heavy atom. The Bertz CT molecular complexity index is 467. The molecule has 2 aromatic rings. The second kappa shape index (κ2) is 7.31. The maximum atomic E-state index is 4.52. The number of hydrogen-bond donors (Lipinski definition) is 1. The average Bonchev–Trinajstić information content (AvgIpc) is 2.98. The first-order chi connectivity index (χ1) is 9.33. The Hall–Kier alpha value is -1.33. The van der Waals surface area contributed by atoms with Crippen LogP contribution in [0, 0.1) is 0 Å². The fourth-order valence-electron chi connectivity index (χ4n) is 1.92. The Kier molecular flexibility index (Phi) is 5.42. The molecule has 0 aliphatic heterocycles. The van der Waals surface area contributed by atoms with Gasteiger partial charge in [0.1, 0.15) is 0 Å². The molecule has 0 spiro atoms. The van der Waals surface area contributed by atoms with Gasteiger partial charge in [-0.2, -0.15) is 0 Å². The molecule has 2 heterocycles. The lowest BCUT2D eigenvalue weighted by molar-refractivity contribution is 0.512. The van der Waals surface area contributed by atoms with Gasteiger partial charge in [0.15, 0.2) is 0 Å². The molecule has 2 aromatic heterocycles. The highest BCUT2D eigenvalue weighted by Gasteiger charge is 2.14. The van der Waals surface area contributed by atoms with E-state index in [1.807, 2.05) is 11.6 Å². The van der Waals surface area contributed by atoms with Crippen LogP contribution in [0.3, 0.4) is 0 Å². The number of hydrogen-bond acceptors (Lipinski definition) is 5. The third kappa shape index (κ3) is 4.08. The molecule has 0 saturated carbocycles. The summed E-state index contributed by atoms with van der Waals surface area (Å²) in [6.45, 7) is 5.29. The summed E-state index contributed by atoms with van der Waals surface area (Å²) >= 11 is 1.40. The van der Waals surface area contributed by atoms with Gasteiger partial charge in [0, 0.05) is 23.7 Å². The summed E-state index contributed by atoms with van der Waals surface area (Å²) in [7, 11) is 0. The minimum atomic E-state index is 0.207. The fraction of sp³-hybridized carbons (Fsp3) is 0.500. The molecular weight excluding hydrogens is 256 g/mol. The molecule has 0 radical (unpaired) electrons. The van der Waals surface area contributed by atoms with Crippen LogP contribution in [0.25, 0.3) is 0 Å².